The SMILES string of the molecule is CCC(C(=O)NCCCN(C)C)n1cc([N+](=O)[O-])cn1. The van der Waals surface area contributed by atoms with Gasteiger partial charge in [0.1, 0.15) is 18.4 Å². The van der Waals surface area contributed by atoms with Crippen LogP contribution < -0.4 is 5.32 Å². The zero-order valence-electron chi connectivity index (χ0n) is 12.1. The van der Waals surface area contributed by atoms with E-state index >= 15 is 0 Å². The summed E-state index contributed by atoms with van der Waals surface area (Å²) in [4.78, 5) is 24.2. The topological polar surface area (TPSA) is 93.3 Å². The molecule has 0 saturated heterocycles. The van der Waals surface area contributed by atoms with Crippen LogP contribution in [0, 0.1) is 10.1 Å². The van der Waals surface area contributed by atoms with Crippen molar-refractivity contribution in [2.75, 3.05) is 27.2 Å². The normalized spacial score (nSPS) is 12.4. The highest BCUT2D eigenvalue weighted by molar-refractivity contribution is 5.80. The van der Waals surface area contributed by atoms with E-state index < -0.39 is 11.0 Å². The van der Waals surface area contributed by atoms with Crippen LogP contribution in [0.2, 0.25) is 0 Å². The molecule has 1 aromatic heterocycles. The zero-order chi connectivity index (χ0) is 15.1. The van der Waals surface area contributed by atoms with Crippen LogP contribution in [0.4, 0.5) is 5.69 Å². The second-order valence-corrected chi connectivity index (χ2v) is 4.81. The van der Waals surface area contributed by atoms with Crippen LogP contribution in [0.1, 0.15) is 25.8 Å². The van der Waals surface area contributed by atoms with Gasteiger partial charge in [0.2, 0.25) is 5.91 Å². The van der Waals surface area contributed by atoms with E-state index in [1.807, 2.05) is 25.9 Å². The first-order chi connectivity index (χ1) is 9.45. The van der Waals surface area contributed by atoms with Crippen molar-refractivity contribution < 1.29 is 9.72 Å². The van der Waals surface area contributed by atoms with Gasteiger partial charge in [0.05, 0.1) is 4.92 Å². The summed E-state index contributed by atoms with van der Waals surface area (Å²) < 4.78 is 1.35. The number of rotatable bonds is 8. The lowest BCUT2D eigenvalue weighted by Crippen LogP contribution is -2.34. The summed E-state index contributed by atoms with van der Waals surface area (Å²) >= 11 is 0. The third-order valence-electron chi connectivity index (χ3n) is 2.89. The van der Waals surface area contributed by atoms with Gasteiger partial charge in [-0.25, -0.2) is 0 Å². The molecule has 112 valence electrons. The average Bonchev–Trinajstić information content (AvgIpc) is 2.85. The monoisotopic (exact) mass is 283 g/mol. The molecule has 0 aliphatic rings. The van der Waals surface area contributed by atoms with Crippen molar-refractivity contribution in [3.63, 3.8) is 0 Å². The predicted octanol–water partition coefficient (Wildman–Crippen LogP) is 0.810. The van der Waals surface area contributed by atoms with E-state index in [1.165, 1.54) is 10.9 Å². The Bertz CT molecular complexity index is 458. The van der Waals surface area contributed by atoms with E-state index in [2.05, 4.69) is 10.4 Å². The number of amides is 1. The molecule has 0 radical (unpaired) electrons. The molecule has 1 heterocycles. The number of nitrogens with zero attached hydrogens (tertiary/aromatic N) is 4. The molecule has 0 aromatic carbocycles. The summed E-state index contributed by atoms with van der Waals surface area (Å²) in [6.07, 6.45) is 3.82. The summed E-state index contributed by atoms with van der Waals surface area (Å²) in [5.74, 6) is -0.163. The molecule has 8 nitrogen and oxygen atoms in total. The van der Waals surface area contributed by atoms with Crippen LogP contribution in [0.3, 0.4) is 0 Å². The molecule has 0 bridgehead atoms. The number of nitrogens with one attached hydrogen (secondary N) is 1. The molecule has 1 N–H and O–H groups in total. The second kappa shape index (κ2) is 7.59. The molecule has 0 saturated carbocycles. The van der Waals surface area contributed by atoms with Gasteiger partial charge >= 0.3 is 5.69 Å². The summed E-state index contributed by atoms with van der Waals surface area (Å²) in [7, 11) is 3.94. The molecular formula is C12H21N5O3. The molecule has 1 atom stereocenters. The third-order valence-corrected chi connectivity index (χ3v) is 2.89. The highest BCUT2D eigenvalue weighted by Gasteiger charge is 2.21. The lowest BCUT2D eigenvalue weighted by molar-refractivity contribution is -0.385. The highest BCUT2D eigenvalue weighted by atomic mass is 16.6. The van der Waals surface area contributed by atoms with E-state index in [9.17, 15) is 14.9 Å². The van der Waals surface area contributed by atoms with Gasteiger partial charge in [-0.1, -0.05) is 6.92 Å². The Morgan fingerprint density at radius 2 is 2.30 bits per heavy atom. The number of aromatic nitrogens is 2. The fourth-order valence-electron chi connectivity index (χ4n) is 1.81. The Balaban J connectivity index is 2.55. The molecule has 8 heteroatoms. The van der Waals surface area contributed by atoms with Crippen molar-refractivity contribution in [2.24, 2.45) is 0 Å². The summed E-state index contributed by atoms with van der Waals surface area (Å²) in [5.41, 5.74) is -0.108. The van der Waals surface area contributed by atoms with Crippen molar-refractivity contribution >= 4 is 11.6 Å². The summed E-state index contributed by atoms with van der Waals surface area (Å²) in [6, 6.07) is -0.511. The van der Waals surface area contributed by atoms with Crippen LogP contribution in [-0.4, -0.2) is 52.7 Å². The summed E-state index contributed by atoms with van der Waals surface area (Å²) in [5, 5.41) is 17.3. The Morgan fingerprint density at radius 3 is 2.80 bits per heavy atom. The van der Waals surface area contributed by atoms with E-state index in [0.717, 1.165) is 19.2 Å². The number of nitro groups is 1. The first kappa shape index (κ1) is 16.1. The maximum atomic E-state index is 12.0. The van der Waals surface area contributed by atoms with Gasteiger partial charge in [0.25, 0.3) is 0 Å². The fourth-order valence-corrected chi connectivity index (χ4v) is 1.81. The third kappa shape index (κ3) is 4.61. The maximum Gasteiger partial charge on any atom is 0.307 e. The molecule has 1 unspecified atom stereocenters. The molecular weight excluding hydrogens is 262 g/mol. The van der Waals surface area contributed by atoms with Gasteiger partial charge in [-0.15, -0.1) is 0 Å². The van der Waals surface area contributed by atoms with E-state index in [1.54, 1.807) is 0 Å². The molecule has 1 rings (SSSR count). The lowest BCUT2D eigenvalue weighted by atomic mass is 10.2. The second-order valence-electron chi connectivity index (χ2n) is 4.81. The molecule has 0 spiro atoms. The number of carbonyl (C=O) groups excluding carboxylic acids is 1. The Kier molecular flexibility index (Phi) is 6.10. The van der Waals surface area contributed by atoms with Crippen molar-refractivity contribution in [1.82, 2.24) is 20.0 Å². The van der Waals surface area contributed by atoms with Gasteiger partial charge < -0.3 is 10.2 Å². The summed E-state index contributed by atoms with van der Waals surface area (Å²) in [6.45, 7) is 3.32. The molecule has 1 aromatic rings. The molecule has 1 amide bonds. The minimum Gasteiger partial charge on any atom is -0.354 e. The minimum absolute atomic E-state index is 0.108. The van der Waals surface area contributed by atoms with Crippen LogP contribution in [0.25, 0.3) is 0 Å². The van der Waals surface area contributed by atoms with Crippen molar-refractivity contribution in [3.05, 3.63) is 22.5 Å². The smallest absolute Gasteiger partial charge is 0.307 e. The first-order valence-corrected chi connectivity index (χ1v) is 6.56. The molecule has 0 fully saturated rings. The van der Waals surface area contributed by atoms with Gasteiger partial charge in [-0.05, 0) is 33.5 Å². The van der Waals surface area contributed by atoms with E-state index in [-0.39, 0.29) is 11.6 Å². The van der Waals surface area contributed by atoms with Crippen molar-refractivity contribution in [1.29, 1.82) is 0 Å². The van der Waals surface area contributed by atoms with Crippen LogP contribution >= 0.6 is 0 Å². The molecule has 0 aliphatic carbocycles. The van der Waals surface area contributed by atoms with Gasteiger partial charge in [-0.3, -0.25) is 19.6 Å². The lowest BCUT2D eigenvalue weighted by Gasteiger charge is -2.16. The van der Waals surface area contributed by atoms with Crippen LogP contribution in [0.5, 0.6) is 0 Å². The Morgan fingerprint density at radius 1 is 1.60 bits per heavy atom. The minimum atomic E-state index is -0.523. The highest BCUT2D eigenvalue weighted by Crippen LogP contribution is 2.15. The number of hydrogen-bond acceptors (Lipinski definition) is 5. The number of hydrogen-bond donors (Lipinski definition) is 1. The van der Waals surface area contributed by atoms with Crippen LogP contribution in [-0.2, 0) is 4.79 Å². The van der Waals surface area contributed by atoms with Gasteiger partial charge in [-0.2, -0.15) is 5.10 Å². The van der Waals surface area contributed by atoms with Crippen molar-refractivity contribution in [3.8, 4) is 0 Å². The largest absolute Gasteiger partial charge is 0.354 e. The zero-order valence-corrected chi connectivity index (χ0v) is 12.1. The fraction of sp³-hybridized carbons (Fsp3) is 0.667. The maximum absolute atomic E-state index is 12.0. The van der Waals surface area contributed by atoms with E-state index in [4.69, 9.17) is 0 Å². The molecule has 20 heavy (non-hydrogen) atoms. The van der Waals surface area contributed by atoms with Gasteiger partial charge in [0, 0.05) is 6.54 Å². The number of carbonyl (C=O) groups is 1. The van der Waals surface area contributed by atoms with E-state index in [0.29, 0.717) is 13.0 Å². The average molecular weight is 283 g/mol. The predicted molar refractivity (Wildman–Crippen MR) is 74.4 cm³/mol. The molecule has 0 aliphatic heterocycles. The van der Waals surface area contributed by atoms with Gasteiger partial charge in [0.15, 0.2) is 0 Å². The standard InChI is InChI=1S/C12H21N5O3/c1-4-11(12(18)13-6-5-7-15(2)3)16-9-10(8-14-16)17(19)20/h8-9,11H,4-7H2,1-3H3,(H,13,18). The quantitative estimate of drug-likeness (QED) is 0.433. The van der Waals surface area contributed by atoms with Crippen molar-refractivity contribution in [2.45, 2.75) is 25.8 Å². The Labute approximate surface area is 117 Å². The first-order valence-electron chi connectivity index (χ1n) is 6.56. The Hall–Kier alpha value is -1.96. The van der Waals surface area contributed by atoms with Crippen LogP contribution in [0.15, 0.2) is 12.4 Å².